The molecule has 0 fully saturated rings. The molecule has 14 heavy (non-hydrogen) atoms. The maximum Gasteiger partial charge on any atom is 0.214 e. The van der Waals surface area contributed by atoms with Gasteiger partial charge in [-0.05, 0) is 13.0 Å². The Morgan fingerprint density at radius 1 is 1.71 bits per heavy atom. The highest BCUT2D eigenvalue weighted by Crippen LogP contribution is 2.08. The van der Waals surface area contributed by atoms with Crippen LogP contribution in [0.3, 0.4) is 0 Å². The number of ether oxygens (including phenoxy) is 1. The smallest absolute Gasteiger partial charge is 0.214 e. The fourth-order valence-electron chi connectivity index (χ4n) is 0.838. The zero-order chi connectivity index (χ0) is 10.4. The summed E-state index contributed by atoms with van der Waals surface area (Å²) < 4.78 is 5.20. The number of hydrogen-bond acceptors (Lipinski definition) is 3. The summed E-state index contributed by atoms with van der Waals surface area (Å²) in [6.07, 6.45) is 1.55. The van der Waals surface area contributed by atoms with Crippen molar-refractivity contribution < 1.29 is 4.74 Å². The molecule has 72 valence electrons. The molecule has 0 aliphatic carbocycles. The Kier molecular flexibility index (Phi) is 3.50. The predicted molar refractivity (Wildman–Crippen MR) is 54.2 cm³/mol. The molecule has 0 saturated heterocycles. The van der Waals surface area contributed by atoms with Gasteiger partial charge in [0.1, 0.15) is 5.84 Å². The first-order chi connectivity index (χ1) is 6.74. The van der Waals surface area contributed by atoms with Gasteiger partial charge in [-0.2, -0.15) is 0 Å². The zero-order valence-electron chi connectivity index (χ0n) is 7.87. The summed E-state index contributed by atoms with van der Waals surface area (Å²) in [4.78, 5) is 3.95. The Balaban J connectivity index is 2.71. The molecular weight excluding hydrogens is 178 g/mol. The van der Waals surface area contributed by atoms with E-state index < -0.39 is 0 Å². The van der Waals surface area contributed by atoms with Gasteiger partial charge in [0.25, 0.3) is 0 Å². The summed E-state index contributed by atoms with van der Waals surface area (Å²) in [5.41, 5.74) is 5.91. The van der Waals surface area contributed by atoms with Crippen molar-refractivity contribution in [1.82, 2.24) is 4.98 Å². The molecule has 0 saturated carbocycles. The lowest BCUT2D eigenvalue weighted by atomic mass is 10.2. The molecule has 1 heterocycles. The summed E-state index contributed by atoms with van der Waals surface area (Å²) >= 11 is 0. The molecule has 1 aromatic heterocycles. The molecule has 0 aliphatic heterocycles. The topological polar surface area (TPSA) is 72.0 Å². The molecular formula is C10H11N3O. The van der Waals surface area contributed by atoms with Crippen LogP contribution in [0.15, 0.2) is 18.3 Å². The first-order valence-corrected chi connectivity index (χ1v) is 4.07. The minimum atomic E-state index is -0.00109. The highest BCUT2D eigenvalue weighted by atomic mass is 16.5. The van der Waals surface area contributed by atoms with Gasteiger partial charge in [0.15, 0.2) is 6.61 Å². The number of pyridine rings is 1. The molecule has 0 bridgehead atoms. The second-order valence-electron chi connectivity index (χ2n) is 2.51. The van der Waals surface area contributed by atoms with E-state index in [2.05, 4.69) is 16.8 Å². The van der Waals surface area contributed by atoms with Crippen LogP contribution >= 0.6 is 0 Å². The summed E-state index contributed by atoms with van der Waals surface area (Å²) in [5, 5.41) is 7.21. The Hall–Kier alpha value is -2.02. The molecule has 0 amide bonds. The van der Waals surface area contributed by atoms with Crippen LogP contribution in [0, 0.1) is 17.3 Å². The van der Waals surface area contributed by atoms with Crippen LogP contribution in [-0.4, -0.2) is 17.4 Å². The van der Waals surface area contributed by atoms with Crippen LogP contribution in [-0.2, 0) is 0 Å². The summed E-state index contributed by atoms with van der Waals surface area (Å²) in [6.45, 7) is 2.04. The van der Waals surface area contributed by atoms with Gasteiger partial charge in [-0.15, -0.1) is 5.92 Å². The quantitative estimate of drug-likeness (QED) is 0.419. The van der Waals surface area contributed by atoms with Crippen molar-refractivity contribution in [3.63, 3.8) is 0 Å². The second-order valence-corrected chi connectivity index (χ2v) is 2.51. The lowest BCUT2D eigenvalue weighted by Gasteiger charge is -2.02. The van der Waals surface area contributed by atoms with E-state index in [1.165, 1.54) is 0 Å². The standard InChI is InChI=1S/C10H11N3O/c1-2-3-6-14-9-7-8(10(11)12)4-5-13-9/h4-5,7H,6H2,1H3,(H3,11,12). The molecule has 0 aliphatic rings. The largest absolute Gasteiger partial charge is 0.464 e. The molecule has 0 aromatic carbocycles. The number of nitrogens with zero attached hydrogens (tertiary/aromatic N) is 1. The van der Waals surface area contributed by atoms with Crippen molar-refractivity contribution in [2.45, 2.75) is 6.92 Å². The Labute approximate surface area is 82.6 Å². The van der Waals surface area contributed by atoms with Gasteiger partial charge < -0.3 is 10.5 Å². The van der Waals surface area contributed by atoms with Crippen LogP contribution in [0.4, 0.5) is 0 Å². The lowest BCUT2D eigenvalue weighted by Crippen LogP contribution is -2.11. The van der Waals surface area contributed by atoms with E-state index in [0.717, 1.165) is 0 Å². The average molecular weight is 189 g/mol. The molecule has 0 spiro atoms. The van der Waals surface area contributed by atoms with Crippen LogP contribution in [0.5, 0.6) is 5.88 Å². The average Bonchev–Trinajstić information content (AvgIpc) is 2.19. The minimum Gasteiger partial charge on any atom is -0.464 e. The van der Waals surface area contributed by atoms with E-state index in [4.69, 9.17) is 15.9 Å². The minimum absolute atomic E-state index is 0.00109. The van der Waals surface area contributed by atoms with Gasteiger partial charge in [0, 0.05) is 17.8 Å². The Morgan fingerprint density at radius 2 is 2.50 bits per heavy atom. The maximum absolute atomic E-state index is 7.21. The summed E-state index contributed by atoms with van der Waals surface area (Å²) in [7, 11) is 0. The Morgan fingerprint density at radius 3 is 3.14 bits per heavy atom. The van der Waals surface area contributed by atoms with Gasteiger partial charge >= 0.3 is 0 Å². The van der Waals surface area contributed by atoms with Gasteiger partial charge in [0.2, 0.25) is 5.88 Å². The van der Waals surface area contributed by atoms with Crippen LogP contribution in [0.25, 0.3) is 0 Å². The number of nitrogens with two attached hydrogens (primary N) is 1. The van der Waals surface area contributed by atoms with Gasteiger partial charge in [-0.25, -0.2) is 4.98 Å². The molecule has 0 radical (unpaired) electrons. The lowest BCUT2D eigenvalue weighted by molar-refractivity contribution is 0.355. The zero-order valence-corrected chi connectivity index (χ0v) is 7.87. The van der Waals surface area contributed by atoms with Crippen molar-refractivity contribution in [3.05, 3.63) is 23.9 Å². The van der Waals surface area contributed by atoms with Crippen molar-refractivity contribution in [2.24, 2.45) is 5.73 Å². The van der Waals surface area contributed by atoms with Crippen LogP contribution in [0.1, 0.15) is 12.5 Å². The van der Waals surface area contributed by atoms with Crippen LogP contribution in [0.2, 0.25) is 0 Å². The number of hydrogen-bond donors (Lipinski definition) is 2. The fraction of sp³-hybridized carbons (Fsp3) is 0.200. The van der Waals surface area contributed by atoms with E-state index in [-0.39, 0.29) is 5.84 Å². The summed E-state index contributed by atoms with van der Waals surface area (Å²) in [6, 6.07) is 3.26. The van der Waals surface area contributed by atoms with E-state index >= 15 is 0 Å². The number of aromatic nitrogens is 1. The third-order valence-corrected chi connectivity index (χ3v) is 1.51. The summed E-state index contributed by atoms with van der Waals surface area (Å²) in [5.74, 6) is 5.88. The van der Waals surface area contributed by atoms with E-state index in [9.17, 15) is 0 Å². The van der Waals surface area contributed by atoms with Crippen molar-refractivity contribution in [2.75, 3.05) is 6.61 Å². The number of nitrogen functional groups attached to an aromatic ring is 1. The van der Waals surface area contributed by atoms with Gasteiger partial charge in [0.05, 0.1) is 0 Å². The van der Waals surface area contributed by atoms with E-state index in [1.807, 2.05) is 0 Å². The molecule has 4 heteroatoms. The first-order valence-electron chi connectivity index (χ1n) is 4.07. The van der Waals surface area contributed by atoms with Crippen molar-refractivity contribution in [3.8, 4) is 17.7 Å². The van der Waals surface area contributed by atoms with Gasteiger partial charge in [-0.1, -0.05) is 5.92 Å². The molecule has 0 unspecified atom stereocenters. The third-order valence-electron chi connectivity index (χ3n) is 1.51. The molecule has 3 N–H and O–H groups in total. The van der Waals surface area contributed by atoms with Crippen molar-refractivity contribution in [1.29, 1.82) is 5.41 Å². The molecule has 0 atom stereocenters. The predicted octanol–water partition coefficient (Wildman–Crippen LogP) is 0.768. The Bertz CT molecular complexity index is 390. The normalized spacial score (nSPS) is 8.64. The number of amidine groups is 1. The fourth-order valence-corrected chi connectivity index (χ4v) is 0.838. The highest BCUT2D eigenvalue weighted by Gasteiger charge is 1.99. The highest BCUT2D eigenvalue weighted by molar-refractivity contribution is 5.95. The monoisotopic (exact) mass is 189 g/mol. The molecule has 1 rings (SSSR count). The maximum atomic E-state index is 7.21. The van der Waals surface area contributed by atoms with Crippen molar-refractivity contribution >= 4 is 5.84 Å². The second kappa shape index (κ2) is 4.87. The SMILES string of the molecule is CC#CCOc1cc(C(=N)N)ccn1. The van der Waals surface area contributed by atoms with E-state index in [1.54, 1.807) is 25.3 Å². The molecule has 1 aromatic rings. The number of nitrogens with one attached hydrogen (secondary N) is 1. The first kappa shape index (κ1) is 10.1. The molecule has 4 nitrogen and oxygen atoms in total. The third kappa shape index (κ3) is 2.79. The van der Waals surface area contributed by atoms with Gasteiger partial charge in [-0.3, -0.25) is 5.41 Å². The number of rotatable bonds is 3. The van der Waals surface area contributed by atoms with Crippen LogP contribution < -0.4 is 10.5 Å². The van der Waals surface area contributed by atoms with E-state index in [0.29, 0.717) is 18.1 Å².